The van der Waals surface area contributed by atoms with E-state index in [1.165, 1.54) is 218 Å². The average Bonchev–Trinajstić information content (AvgIpc) is 3.33. The number of carboxylic acids is 2. The molecule has 0 heterocycles. The quantitative estimate of drug-likeness (QED) is 0.0358. The SMILES string of the molecule is CCCCCCCCCCCCCCCCCC(=O)[O-].CCCCCCCCCCCCCCCCCC(=O)[O-].CCCCCCCCOC(=O)c1ccccc1C(=O)OCCCCCCCC.[Zn+2]. The molecule has 0 spiro atoms. The van der Waals surface area contributed by atoms with E-state index in [2.05, 4.69) is 27.7 Å². The molecular weight excluding hydrogens is 914 g/mol. The molecule has 1 rings (SSSR count). The monoisotopic (exact) mass is 1020 g/mol. The van der Waals surface area contributed by atoms with Gasteiger partial charge in [0.05, 0.1) is 24.3 Å². The van der Waals surface area contributed by atoms with Crippen LogP contribution in [0.1, 0.15) is 331 Å². The Morgan fingerprint density at radius 1 is 0.319 bits per heavy atom. The van der Waals surface area contributed by atoms with Crippen molar-refractivity contribution in [1.29, 1.82) is 0 Å². The number of carbonyl (C=O) groups is 4. The van der Waals surface area contributed by atoms with E-state index in [0.717, 1.165) is 51.4 Å². The summed E-state index contributed by atoms with van der Waals surface area (Å²) in [5.41, 5.74) is 0.586. The minimum Gasteiger partial charge on any atom is -0.550 e. The molecule has 0 aliphatic heterocycles. The molecule has 0 bridgehead atoms. The fraction of sp³-hybridized carbons (Fsp3) is 0.833. The first-order valence-corrected chi connectivity index (χ1v) is 29.1. The van der Waals surface area contributed by atoms with E-state index in [-0.39, 0.29) is 32.3 Å². The maximum absolute atomic E-state index is 12.4. The van der Waals surface area contributed by atoms with Crippen molar-refractivity contribution in [2.45, 2.75) is 310 Å². The molecule has 69 heavy (non-hydrogen) atoms. The summed E-state index contributed by atoms with van der Waals surface area (Å²) in [6, 6.07) is 6.74. The van der Waals surface area contributed by atoms with Crippen molar-refractivity contribution in [1.82, 2.24) is 0 Å². The Balaban J connectivity index is -0.000000963. The van der Waals surface area contributed by atoms with Crippen molar-refractivity contribution < 1.29 is 58.3 Å². The third kappa shape index (κ3) is 56.5. The molecule has 0 aliphatic rings. The van der Waals surface area contributed by atoms with E-state index in [1.807, 2.05) is 0 Å². The van der Waals surface area contributed by atoms with Crippen LogP contribution < -0.4 is 10.2 Å². The van der Waals surface area contributed by atoms with Gasteiger partial charge in [-0.05, 0) is 50.7 Å². The fourth-order valence-corrected chi connectivity index (χ4v) is 8.37. The predicted octanol–water partition coefficient (Wildman–Crippen LogP) is 16.7. The minimum atomic E-state index is -0.903. The van der Waals surface area contributed by atoms with E-state index in [9.17, 15) is 29.4 Å². The van der Waals surface area contributed by atoms with Crippen molar-refractivity contribution in [3.05, 3.63) is 35.4 Å². The molecule has 9 heteroatoms. The van der Waals surface area contributed by atoms with Crippen LogP contribution in [0.25, 0.3) is 0 Å². The first-order chi connectivity index (χ1) is 33.2. The van der Waals surface area contributed by atoms with Gasteiger partial charge in [-0.15, -0.1) is 0 Å². The van der Waals surface area contributed by atoms with Crippen LogP contribution in [0, 0.1) is 0 Å². The average molecular weight is 1020 g/mol. The summed E-state index contributed by atoms with van der Waals surface area (Å²) >= 11 is 0. The molecule has 1 aromatic rings. The number of aliphatic carboxylic acids is 2. The zero-order chi connectivity index (χ0) is 50.2. The topological polar surface area (TPSA) is 133 Å². The van der Waals surface area contributed by atoms with Crippen LogP contribution in [0.5, 0.6) is 0 Å². The van der Waals surface area contributed by atoms with Crippen LogP contribution in [-0.2, 0) is 38.5 Å². The summed E-state index contributed by atoms with van der Waals surface area (Å²) in [6.07, 6.45) is 53.3. The zero-order valence-electron chi connectivity index (χ0n) is 45.8. The second-order valence-electron chi connectivity index (χ2n) is 19.5. The summed E-state index contributed by atoms with van der Waals surface area (Å²) in [5.74, 6) is -2.69. The normalized spacial score (nSPS) is 10.6. The molecule has 0 atom stereocenters. The van der Waals surface area contributed by atoms with Gasteiger partial charge in [0.2, 0.25) is 0 Å². The smallest absolute Gasteiger partial charge is 0.550 e. The van der Waals surface area contributed by atoms with Crippen LogP contribution in [0.2, 0.25) is 0 Å². The molecule has 0 fully saturated rings. The Morgan fingerprint density at radius 2 is 0.507 bits per heavy atom. The van der Waals surface area contributed by atoms with Crippen molar-refractivity contribution in [3.63, 3.8) is 0 Å². The minimum absolute atomic E-state index is 0. The number of hydrogen-bond acceptors (Lipinski definition) is 8. The van der Waals surface area contributed by atoms with Crippen LogP contribution in [-0.4, -0.2) is 37.1 Å². The van der Waals surface area contributed by atoms with Gasteiger partial charge in [-0.3, -0.25) is 0 Å². The molecule has 0 saturated heterocycles. The number of hydrogen-bond donors (Lipinski definition) is 0. The fourth-order valence-electron chi connectivity index (χ4n) is 8.37. The standard InChI is InChI=1S/C24H38O4.2C18H36O2.Zn/c1-3-5-7-9-11-15-19-27-23(25)21-17-13-14-18-22(21)24(26)28-20-16-12-10-8-6-4-2;2*1-2-3-4-5-6-7-8-9-10-11-12-13-14-15-16-17-18(19)20;/h13-14,17-18H,3-12,15-16,19-20H2,1-2H3;2*2-17H2,1H3,(H,19,20);/q;;;+2/p-2. The van der Waals surface area contributed by atoms with E-state index in [0.29, 0.717) is 24.3 Å². The van der Waals surface area contributed by atoms with Gasteiger partial charge >= 0.3 is 31.4 Å². The van der Waals surface area contributed by atoms with Gasteiger partial charge in [-0.25, -0.2) is 9.59 Å². The second kappa shape index (κ2) is 60.0. The van der Waals surface area contributed by atoms with E-state index >= 15 is 0 Å². The summed E-state index contributed by atoms with van der Waals surface area (Å²) < 4.78 is 10.7. The van der Waals surface area contributed by atoms with Gasteiger partial charge in [-0.1, -0.05) is 284 Å². The number of rotatable bonds is 48. The van der Waals surface area contributed by atoms with Gasteiger partial charge in [0, 0.05) is 11.9 Å². The molecule has 398 valence electrons. The molecule has 0 unspecified atom stereocenters. The number of benzene rings is 1. The maximum atomic E-state index is 12.4. The van der Waals surface area contributed by atoms with Gasteiger partial charge in [0.15, 0.2) is 0 Å². The first kappa shape index (κ1) is 71.0. The molecule has 0 N–H and O–H groups in total. The van der Waals surface area contributed by atoms with Crippen molar-refractivity contribution in [3.8, 4) is 0 Å². The molecule has 0 saturated carbocycles. The molecule has 1 aromatic carbocycles. The van der Waals surface area contributed by atoms with E-state index in [1.54, 1.807) is 24.3 Å². The summed E-state index contributed by atoms with van der Waals surface area (Å²) in [5, 5.41) is 20.4. The van der Waals surface area contributed by atoms with E-state index < -0.39 is 23.9 Å². The third-order valence-corrected chi connectivity index (χ3v) is 12.8. The Bertz CT molecular complexity index is 1150. The number of unbranched alkanes of at least 4 members (excludes halogenated alkanes) is 38. The maximum Gasteiger partial charge on any atom is 2.00 e. The van der Waals surface area contributed by atoms with Crippen LogP contribution >= 0.6 is 0 Å². The molecule has 0 aliphatic carbocycles. The van der Waals surface area contributed by atoms with Crippen LogP contribution in [0.4, 0.5) is 0 Å². The largest absolute Gasteiger partial charge is 2.00 e. The Morgan fingerprint density at radius 3 is 0.710 bits per heavy atom. The summed E-state index contributed by atoms with van der Waals surface area (Å²) in [4.78, 5) is 45.1. The number of carbonyl (C=O) groups excluding carboxylic acids is 4. The predicted molar refractivity (Wildman–Crippen MR) is 283 cm³/mol. The van der Waals surface area contributed by atoms with Crippen LogP contribution in [0.15, 0.2) is 24.3 Å². The molecular formula is C60H108O8Zn. The van der Waals surface area contributed by atoms with Gasteiger partial charge < -0.3 is 29.3 Å². The first-order valence-electron chi connectivity index (χ1n) is 29.1. The Labute approximate surface area is 438 Å². The van der Waals surface area contributed by atoms with Crippen molar-refractivity contribution in [2.75, 3.05) is 13.2 Å². The molecule has 0 radical (unpaired) electrons. The van der Waals surface area contributed by atoms with Gasteiger partial charge in [0.1, 0.15) is 0 Å². The summed E-state index contributed by atoms with van der Waals surface area (Å²) in [6.45, 7) is 9.71. The molecule has 8 nitrogen and oxygen atoms in total. The summed E-state index contributed by atoms with van der Waals surface area (Å²) in [7, 11) is 0. The number of ether oxygens (including phenoxy) is 2. The Hall–Kier alpha value is -2.28. The van der Waals surface area contributed by atoms with Crippen molar-refractivity contribution >= 4 is 23.9 Å². The van der Waals surface area contributed by atoms with Gasteiger partial charge in [0.25, 0.3) is 0 Å². The molecule has 0 amide bonds. The van der Waals surface area contributed by atoms with Crippen LogP contribution in [0.3, 0.4) is 0 Å². The van der Waals surface area contributed by atoms with Crippen molar-refractivity contribution in [2.24, 2.45) is 0 Å². The third-order valence-electron chi connectivity index (χ3n) is 12.8. The molecule has 0 aromatic heterocycles. The number of esters is 2. The second-order valence-corrected chi connectivity index (χ2v) is 19.5. The van der Waals surface area contributed by atoms with E-state index in [4.69, 9.17) is 9.47 Å². The Kier molecular flexibility index (Phi) is 61.7. The number of carboxylic acid groups (broad SMARTS) is 2. The zero-order valence-corrected chi connectivity index (χ0v) is 48.8. The van der Waals surface area contributed by atoms with Gasteiger partial charge in [-0.2, -0.15) is 0 Å².